The van der Waals surface area contributed by atoms with E-state index < -0.39 is 0 Å². The van der Waals surface area contributed by atoms with Gasteiger partial charge in [0.2, 0.25) is 0 Å². The fourth-order valence-corrected chi connectivity index (χ4v) is 2.15. The highest BCUT2D eigenvalue weighted by molar-refractivity contribution is 5.84. The third-order valence-corrected chi connectivity index (χ3v) is 3.15. The van der Waals surface area contributed by atoms with Crippen molar-refractivity contribution in [1.82, 2.24) is 0 Å². The van der Waals surface area contributed by atoms with Gasteiger partial charge in [0.15, 0.2) is 0 Å². The van der Waals surface area contributed by atoms with Gasteiger partial charge in [0.1, 0.15) is 0 Å². The van der Waals surface area contributed by atoms with E-state index in [4.69, 9.17) is 4.99 Å². The molecule has 2 rings (SSSR count). The smallest absolute Gasteiger partial charge is 0.0748 e. The zero-order valence-electron chi connectivity index (χ0n) is 9.66. The second-order valence-corrected chi connectivity index (χ2v) is 4.37. The lowest BCUT2D eigenvalue weighted by Crippen LogP contribution is -2.09. The van der Waals surface area contributed by atoms with Crippen molar-refractivity contribution in [3.8, 4) is 0 Å². The highest BCUT2D eigenvalue weighted by atomic mass is 14.8. The Morgan fingerprint density at radius 1 is 1.27 bits per heavy atom. The van der Waals surface area contributed by atoms with Crippen LogP contribution in [0.1, 0.15) is 49.8 Å². The van der Waals surface area contributed by atoms with E-state index in [9.17, 15) is 0 Å². The molecule has 1 heteroatoms. The van der Waals surface area contributed by atoms with Gasteiger partial charge in [-0.1, -0.05) is 36.8 Å². The standard InChI is InChI=1S/C14H19N/c1-3-13-5-4-6-14(15-13)12-9-7-11(2)8-10-12/h7-10,14H,3-6H2,1-2H3/t14-/m0/s1. The molecule has 1 aliphatic heterocycles. The van der Waals surface area contributed by atoms with Crippen LogP contribution < -0.4 is 0 Å². The van der Waals surface area contributed by atoms with Crippen molar-refractivity contribution in [2.75, 3.05) is 0 Å². The van der Waals surface area contributed by atoms with E-state index in [0.717, 1.165) is 6.42 Å². The van der Waals surface area contributed by atoms with E-state index in [-0.39, 0.29) is 0 Å². The molecule has 1 aliphatic rings. The van der Waals surface area contributed by atoms with Crippen LogP contribution in [-0.4, -0.2) is 5.71 Å². The number of rotatable bonds is 2. The number of aryl methyl sites for hydroxylation is 1. The minimum atomic E-state index is 0.425. The van der Waals surface area contributed by atoms with E-state index in [1.165, 1.54) is 36.1 Å². The predicted octanol–water partition coefficient (Wildman–Crippen LogP) is 4.07. The van der Waals surface area contributed by atoms with Crippen LogP contribution >= 0.6 is 0 Å². The van der Waals surface area contributed by atoms with Gasteiger partial charge in [-0.3, -0.25) is 4.99 Å². The highest BCUT2D eigenvalue weighted by Crippen LogP contribution is 2.28. The fraction of sp³-hybridized carbons (Fsp3) is 0.500. The molecule has 0 radical (unpaired) electrons. The van der Waals surface area contributed by atoms with Crippen molar-refractivity contribution in [3.05, 3.63) is 35.4 Å². The van der Waals surface area contributed by atoms with Crippen molar-refractivity contribution in [1.29, 1.82) is 0 Å². The van der Waals surface area contributed by atoms with Gasteiger partial charge in [-0.15, -0.1) is 0 Å². The normalized spacial score (nSPS) is 21.2. The first-order valence-electron chi connectivity index (χ1n) is 5.91. The second kappa shape index (κ2) is 4.61. The molecule has 1 nitrogen and oxygen atoms in total. The molecular formula is C14H19N. The molecule has 1 atom stereocenters. The van der Waals surface area contributed by atoms with Crippen LogP contribution in [-0.2, 0) is 0 Å². The van der Waals surface area contributed by atoms with Crippen molar-refractivity contribution in [3.63, 3.8) is 0 Å². The summed E-state index contributed by atoms with van der Waals surface area (Å²) in [6.07, 6.45) is 4.83. The highest BCUT2D eigenvalue weighted by Gasteiger charge is 2.15. The summed E-state index contributed by atoms with van der Waals surface area (Å²) in [4.78, 5) is 4.82. The topological polar surface area (TPSA) is 12.4 Å². The van der Waals surface area contributed by atoms with Crippen LogP contribution in [0, 0.1) is 6.92 Å². The maximum absolute atomic E-state index is 4.82. The van der Waals surface area contributed by atoms with Crippen LogP contribution in [0.3, 0.4) is 0 Å². The molecule has 0 saturated carbocycles. The largest absolute Gasteiger partial charge is 0.286 e. The van der Waals surface area contributed by atoms with Gasteiger partial charge >= 0.3 is 0 Å². The SMILES string of the molecule is CCC1=N[C@H](c2ccc(C)cc2)CCC1. The van der Waals surface area contributed by atoms with E-state index in [1.54, 1.807) is 0 Å². The molecule has 80 valence electrons. The third kappa shape index (κ3) is 2.47. The van der Waals surface area contributed by atoms with Gasteiger partial charge in [0.25, 0.3) is 0 Å². The number of aliphatic imine (C=N–C) groups is 1. The summed E-state index contributed by atoms with van der Waals surface area (Å²) in [6.45, 7) is 4.34. The van der Waals surface area contributed by atoms with Crippen molar-refractivity contribution >= 4 is 5.71 Å². The number of hydrogen-bond acceptors (Lipinski definition) is 1. The number of benzene rings is 1. The van der Waals surface area contributed by atoms with Gasteiger partial charge in [-0.05, 0) is 38.2 Å². The van der Waals surface area contributed by atoms with Crippen molar-refractivity contribution in [2.45, 2.75) is 45.6 Å². The summed E-state index contributed by atoms with van der Waals surface area (Å²) >= 11 is 0. The molecule has 0 saturated heterocycles. The van der Waals surface area contributed by atoms with E-state index in [0.29, 0.717) is 6.04 Å². The molecule has 0 aliphatic carbocycles. The molecular weight excluding hydrogens is 182 g/mol. The Bertz CT molecular complexity index is 348. The zero-order valence-corrected chi connectivity index (χ0v) is 9.66. The molecule has 0 fully saturated rings. The first-order chi connectivity index (χ1) is 7.29. The van der Waals surface area contributed by atoms with Crippen LogP contribution in [0.4, 0.5) is 0 Å². The van der Waals surface area contributed by atoms with E-state index in [2.05, 4.69) is 38.1 Å². The lowest BCUT2D eigenvalue weighted by molar-refractivity contribution is 0.591. The Hall–Kier alpha value is -1.11. The Morgan fingerprint density at radius 2 is 2.00 bits per heavy atom. The first kappa shape index (κ1) is 10.4. The van der Waals surface area contributed by atoms with Crippen LogP contribution in [0.5, 0.6) is 0 Å². The molecule has 0 spiro atoms. The average Bonchev–Trinajstić information content (AvgIpc) is 2.30. The van der Waals surface area contributed by atoms with Crippen LogP contribution in [0.25, 0.3) is 0 Å². The summed E-state index contributed by atoms with van der Waals surface area (Å²) in [7, 11) is 0. The molecule has 0 N–H and O–H groups in total. The number of nitrogens with zero attached hydrogens (tertiary/aromatic N) is 1. The second-order valence-electron chi connectivity index (χ2n) is 4.37. The summed E-state index contributed by atoms with van der Waals surface area (Å²) in [5.41, 5.74) is 4.10. The summed E-state index contributed by atoms with van der Waals surface area (Å²) in [6, 6.07) is 9.25. The van der Waals surface area contributed by atoms with E-state index in [1.807, 2.05) is 0 Å². The Balaban J connectivity index is 2.20. The van der Waals surface area contributed by atoms with Crippen LogP contribution in [0.2, 0.25) is 0 Å². The van der Waals surface area contributed by atoms with Gasteiger partial charge in [0.05, 0.1) is 6.04 Å². The summed E-state index contributed by atoms with van der Waals surface area (Å²) in [5, 5.41) is 0. The average molecular weight is 201 g/mol. The predicted molar refractivity (Wildman–Crippen MR) is 65.5 cm³/mol. The van der Waals surface area contributed by atoms with Gasteiger partial charge in [-0.2, -0.15) is 0 Å². The monoisotopic (exact) mass is 201 g/mol. The lowest BCUT2D eigenvalue weighted by Gasteiger charge is -2.20. The molecule has 15 heavy (non-hydrogen) atoms. The Morgan fingerprint density at radius 3 is 2.67 bits per heavy atom. The zero-order chi connectivity index (χ0) is 10.7. The van der Waals surface area contributed by atoms with Gasteiger partial charge < -0.3 is 0 Å². The van der Waals surface area contributed by atoms with Gasteiger partial charge in [-0.25, -0.2) is 0 Å². The third-order valence-electron chi connectivity index (χ3n) is 3.15. The van der Waals surface area contributed by atoms with Crippen molar-refractivity contribution < 1.29 is 0 Å². The maximum Gasteiger partial charge on any atom is 0.0748 e. The molecule has 1 heterocycles. The summed E-state index contributed by atoms with van der Waals surface area (Å²) < 4.78 is 0. The molecule has 0 amide bonds. The molecule has 0 aromatic heterocycles. The minimum absolute atomic E-state index is 0.425. The van der Waals surface area contributed by atoms with E-state index >= 15 is 0 Å². The Kier molecular flexibility index (Phi) is 3.20. The van der Waals surface area contributed by atoms with Gasteiger partial charge in [0, 0.05) is 5.71 Å². The number of hydrogen-bond donors (Lipinski definition) is 0. The maximum atomic E-state index is 4.82. The molecule has 1 aromatic rings. The Labute approximate surface area is 92.2 Å². The fourth-order valence-electron chi connectivity index (χ4n) is 2.15. The minimum Gasteiger partial charge on any atom is -0.286 e. The first-order valence-corrected chi connectivity index (χ1v) is 5.91. The van der Waals surface area contributed by atoms with Crippen molar-refractivity contribution in [2.24, 2.45) is 4.99 Å². The quantitative estimate of drug-likeness (QED) is 0.684. The molecule has 0 unspecified atom stereocenters. The van der Waals surface area contributed by atoms with Crippen LogP contribution in [0.15, 0.2) is 29.3 Å². The lowest BCUT2D eigenvalue weighted by atomic mass is 9.95. The summed E-state index contributed by atoms with van der Waals surface area (Å²) in [5.74, 6) is 0. The molecule has 0 bridgehead atoms. The molecule has 1 aromatic carbocycles.